The van der Waals surface area contributed by atoms with E-state index in [4.69, 9.17) is 4.74 Å². The molecule has 1 aliphatic heterocycles. The van der Waals surface area contributed by atoms with Crippen LogP contribution in [-0.4, -0.2) is 36.2 Å². The average Bonchev–Trinajstić information content (AvgIpc) is 2.57. The Morgan fingerprint density at radius 1 is 1.29 bits per heavy atom. The molecule has 5 heteroatoms. The van der Waals surface area contributed by atoms with Gasteiger partial charge < -0.3 is 15.2 Å². The molecule has 2 aromatic carbocycles. The monoisotopic (exact) mass is 330 g/mol. The van der Waals surface area contributed by atoms with Gasteiger partial charge >= 0.3 is 0 Å². The molecule has 1 heterocycles. The van der Waals surface area contributed by atoms with Crippen molar-refractivity contribution in [2.75, 3.05) is 25.5 Å². The highest BCUT2D eigenvalue weighted by Gasteiger charge is 2.21. The van der Waals surface area contributed by atoms with E-state index in [1.54, 1.807) is 19.2 Å². The molecule has 0 amide bonds. The van der Waals surface area contributed by atoms with E-state index >= 15 is 0 Å². The number of hydrogen-bond donors (Lipinski definition) is 2. The van der Waals surface area contributed by atoms with Gasteiger partial charge in [0.15, 0.2) is 11.5 Å². The van der Waals surface area contributed by atoms with Crippen molar-refractivity contribution in [2.45, 2.75) is 25.4 Å². The Morgan fingerprint density at radius 3 is 2.92 bits per heavy atom. The highest BCUT2D eigenvalue weighted by atomic mass is 19.1. The molecule has 0 saturated carbocycles. The zero-order chi connectivity index (χ0) is 16.9. The van der Waals surface area contributed by atoms with Crippen molar-refractivity contribution in [3.8, 4) is 11.5 Å². The third kappa shape index (κ3) is 3.97. The van der Waals surface area contributed by atoms with Crippen molar-refractivity contribution >= 4 is 5.69 Å². The molecule has 2 N–H and O–H groups in total. The first kappa shape index (κ1) is 16.6. The summed E-state index contributed by atoms with van der Waals surface area (Å²) in [7, 11) is 1.55. The number of benzene rings is 2. The second-order valence-corrected chi connectivity index (χ2v) is 6.20. The van der Waals surface area contributed by atoms with Crippen LogP contribution < -0.4 is 10.1 Å². The number of phenolic OH excluding ortho intramolecular Hbond substituents is 1. The van der Waals surface area contributed by atoms with E-state index in [0.29, 0.717) is 12.3 Å². The van der Waals surface area contributed by atoms with Crippen molar-refractivity contribution < 1.29 is 14.2 Å². The van der Waals surface area contributed by atoms with Crippen LogP contribution in [0.4, 0.5) is 10.1 Å². The van der Waals surface area contributed by atoms with E-state index in [9.17, 15) is 9.50 Å². The fourth-order valence-corrected chi connectivity index (χ4v) is 3.23. The van der Waals surface area contributed by atoms with E-state index in [-0.39, 0.29) is 17.6 Å². The van der Waals surface area contributed by atoms with Crippen molar-refractivity contribution in [3.05, 3.63) is 53.8 Å². The molecule has 0 bridgehead atoms. The molecule has 24 heavy (non-hydrogen) atoms. The molecule has 2 aromatic rings. The summed E-state index contributed by atoms with van der Waals surface area (Å²) in [6.07, 6.45) is 2.12. The third-order valence-corrected chi connectivity index (χ3v) is 4.40. The number of halogens is 1. The van der Waals surface area contributed by atoms with Gasteiger partial charge in [0.2, 0.25) is 0 Å². The van der Waals surface area contributed by atoms with Crippen LogP contribution in [0.3, 0.4) is 0 Å². The average molecular weight is 330 g/mol. The van der Waals surface area contributed by atoms with Gasteiger partial charge in [-0.3, -0.25) is 4.90 Å². The quantitative estimate of drug-likeness (QED) is 0.879. The van der Waals surface area contributed by atoms with Gasteiger partial charge in [0.25, 0.3) is 0 Å². The number of rotatable bonds is 5. The number of piperidine rings is 1. The number of likely N-dealkylation sites (tertiary alicyclic amines) is 1. The highest BCUT2D eigenvalue weighted by molar-refractivity contribution is 5.46. The minimum absolute atomic E-state index is 0.209. The van der Waals surface area contributed by atoms with Crippen LogP contribution in [0.25, 0.3) is 0 Å². The highest BCUT2D eigenvalue weighted by Crippen LogP contribution is 2.31. The Balaban J connectivity index is 1.63. The summed E-state index contributed by atoms with van der Waals surface area (Å²) < 4.78 is 18.5. The smallest absolute Gasteiger partial charge is 0.162 e. The van der Waals surface area contributed by atoms with Crippen LogP contribution >= 0.6 is 0 Å². The predicted octanol–water partition coefficient (Wildman–Crippen LogP) is 3.62. The van der Waals surface area contributed by atoms with Crippen LogP contribution in [0.1, 0.15) is 18.4 Å². The number of hydrogen-bond acceptors (Lipinski definition) is 4. The molecule has 1 fully saturated rings. The zero-order valence-electron chi connectivity index (χ0n) is 13.8. The van der Waals surface area contributed by atoms with E-state index in [0.717, 1.165) is 37.2 Å². The Bertz CT molecular complexity index is 693. The van der Waals surface area contributed by atoms with Gasteiger partial charge in [0, 0.05) is 30.4 Å². The second kappa shape index (κ2) is 7.53. The Hall–Kier alpha value is -2.27. The van der Waals surface area contributed by atoms with Crippen molar-refractivity contribution in [3.63, 3.8) is 0 Å². The van der Waals surface area contributed by atoms with Crippen LogP contribution in [0, 0.1) is 5.82 Å². The largest absolute Gasteiger partial charge is 0.504 e. The number of nitrogens with zero attached hydrogens (tertiary/aromatic N) is 1. The lowest BCUT2D eigenvalue weighted by Crippen LogP contribution is -2.41. The maximum absolute atomic E-state index is 13.3. The number of nitrogens with one attached hydrogen (secondary N) is 1. The molecular formula is C19H23FN2O2. The molecule has 0 aliphatic carbocycles. The van der Waals surface area contributed by atoms with E-state index in [1.165, 1.54) is 12.1 Å². The van der Waals surface area contributed by atoms with E-state index in [2.05, 4.69) is 10.2 Å². The molecule has 1 atom stereocenters. The first-order valence-electron chi connectivity index (χ1n) is 8.25. The van der Waals surface area contributed by atoms with Crippen molar-refractivity contribution in [1.82, 2.24) is 4.90 Å². The van der Waals surface area contributed by atoms with Gasteiger partial charge in [0.05, 0.1) is 7.11 Å². The van der Waals surface area contributed by atoms with E-state index < -0.39 is 0 Å². The van der Waals surface area contributed by atoms with Crippen LogP contribution in [0.2, 0.25) is 0 Å². The molecule has 4 nitrogen and oxygen atoms in total. The molecule has 0 spiro atoms. The fourth-order valence-electron chi connectivity index (χ4n) is 3.23. The normalized spacial score (nSPS) is 18.3. The summed E-state index contributed by atoms with van der Waals surface area (Å²) >= 11 is 0. The Kier molecular flexibility index (Phi) is 5.20. The minimum atomic E-state index is -0.228. The standard InChI is InChI=1S/C19H23FN2O2/c1-24-18-9-2-5-14(19(18)23)12-22-10-4-8-17(13-22)21-16-7-3-6-15(20)11-16/h2-3,5-7,9,11,17,21,23H,4,8,10,12-13H2,1H3/t17-/m1/s1. The summed E-state index contributed by atoms with van der Waals surface area (Å²) in [5.74, 6) is 0.480. The summed E-state index contributed by atoms with van der Waals surface area (Å²) in [6.45, 7) is 2.51. The first-order valence-corrected chi connectivity index (χ1v) is 8.25. The van der Waals surface area contributed by atoms with Gasteiger partial charge in [-0.1, -0.05) is 18.2 Å². The number of anilines is 1. The van der Waals surface area contributed by atoms with Crippen molar-refractivity contribution in [1.29, 1.82) is 0 Å². The number of aromatic hydroxyl groups is 1. The lowest BCUT2D eigenvalue weighted by atomic mass is 10.0. The molecule has 0 aromatic heterocycles. The summed E-state index contributed by atoms with van der Waals surface area (Å²) in [5.41, 5.74) is 1.67. The Morgan fingerprint density at radius 2 is 2.12 bits per heavy atom. The summed E-state index contributed by atoms with van der Waals surface area (Å²) in [5, 5.41) is 13.6. The van der Waals surface area contributed by atoms with Gasteiger partial charge in [0.1, 0.15) is 5.82 Å². The third-order valence-electron chi connectivity index (χ3n) is 4.40. The predicted molar refractivity (Wildman–Crippen MR) is 93.0 cm³/mol. The van der Waals surface area contributed by atoms with Gasteiger partial charge in [-0.15, -0.1) is 0 Å². The maximum Gasteiger partial charge on any atom is 0.162 e. The maximum atomic E-state index is 13.3. The minimum Gasteiger partial charge on any atom is -0.504 e. The molecule has 0 radical (unpaired) electrons. The SMILES string of the molecule is COc1cccc(CN2CCC[C@@H](Nc3cccc(F)c3)C2)c1O. The number of phenols is 1. The van der Waals surface area contributed by atoms with Crippen LogP contribution in [0.15, 0.2) is 42.5 Å². The van der Waals surface area contributed by atoms with Crippen LogP contribution in [-0.2, 0) is 6.54 Å². The second-order valence-electron chi connectivity index (χ2n) is 6.20. The molecule has 1 aliphatic rings. The van der Waals surface area contributed by atoms with Gasteiger partial charge in [-0.2, -0.15) is 0 Å². The molecule has 0 unspecified atom stereocenters. The summed E-state index contributed by atoms with van der Waals surface area (Å²) in [4.78, 5) is 2.30. The molecule has 1 saturated heterocycles. The van der Waals surface area contributed by atoms with Crippen molar-refractivity contribution in [2.24, 2.45) is 0 Å². The molecule has 3 rings (SSSR count). The number of ether oxygens (including phenoxy) is 1. The Labute approximate surface area is 141 Å². The lowest BCUT2D eigenvalue weighted by molar-refractivity contribution is 0.206. The molecule has 128 valence electrons. The van der Waals surface area contributed by atoms with E-state index in [1.807, 2.05) is 18.2 Å². The van der Waals surface area contributed by atoms with Crippen LogP contribution in [0.5, 0.6) is 11.5 Å². The first-order chi connectivity index (χ1) is 11.7. The number of para-hydroxylation sites is 1. The number of methoxy groups -OCH3 is 1. The zero-order valence-corrected chi connectivity index (χ0v) is 13.8. The topological polar surface area (TPSA) is 44.7 Å². The summed E-state index contributed by atoms with van der Waals surface area (Å²) in [6, 6.07) is 12.4. The fraction of sp³-hybridized carbons (Fsp3) is 0.368. The lowest BCUT2D eigenvalue weighted by Gasteiger charge is -2.33. The molecular weight excluding hydrogens is 307 g/mol. The van der Waals surface area contributed by atoms with Gasteiger partial charge in [-0.25, -0.2) is 4.39 Å². The van der Waals surface area contributed by atoms with Gasteiger partial charge in [-0.05, 0) is 43.7 Å².